The fourth-order valence-electron chi connectivity index (χ4n) is 2.51. The van der Waals surface area contributed by atoms with Gasteiger partial charge in [0.15, 0.2) is 0 Å². The summed E-state index contributed by atoms with van der Waals surface area (Å²) in [5, 5.41) is 2.95. The van der Waals surface area contributed by atoms with Crippen LogP contribution in [-0.2, 0) is 4.79 Å². The Morgan fingerprint density at radius 2 is 1.90 bits per heavy atom. The number of rotatable bonds is 4. The molecule has 0 atom stereocenters. The molecule has 1 saturated carbocycles. The molecule has 1 aliphatic carbocycles. The first-order valence-corrected chi connectivity index (χ1v) is 7.17. The Balaban J connectivity index is 1.66. The molecule has 1 aromatic heterocycles. The number of ether oxygens (including phenoxy) is 1. The lowest BCUT2D eigenvalue weighted by atomic mass is 10.1. The number of hydrogen-bond donors (Lipinski definition) is 1. The van der Waals surface area contributed by atoms with Gasteiger partial charge in [0.2, 0.25) is 5.91 Å². The van der Waals surface area contributed by atoms with Gasteiger partial charge in [-0.15, -0.1) is 0 Å². The summed E-state index contributed by atoms with van der Waals surface area (Å²) in [7, 11) is 0. The molecule has 5 nitrogen and oxygen atoms in total. The van der Waals surface area contributed by atoms with E-state index < -0.39 is 0 Å². The Labute approximate surface area is 123 Å². The second kappa shape index (κ2) is 6.35. The number of carbonyl (C=O) groups is 1. The Morgan fingerprint density at radius 1 is 1.14 bits per heavy atom. The number of hydrogen-bond acceptors (Lipinski definition) is 4. The first kappa shape index (κ1) is 13.5. The van der Waals surface area contributed by atoms with Gasteiger partial charge < -0.3 is 10.1 Å². The van der Waals surface area contributed by atoms with E-state index in [9.17, 15) is 4.79 Å². The minimum Gasteiger partial charge on any atom is -0.424 e. The molecule has 0 bridgehead atoms. The quantitative estimate of drug-likeness (QED) is 0.934. The van der Waals surface area contributed by atoms with Crippen molar-refractivity contribution < 1.29 is 9.53 Å². The second-order valence-electron chi connectivity index (χ2n) is 5.13. The van der Waals surface area contributed by atoms with Crippen LogP contribution in [0.1, 0.15) is 25.7 Å². The average molecular weight is 283 g/mol. The minimum atomic E-state index is 0.0978. The summed E-state index contributed by atoms with van der Waals surface area (Å²) in [4.78, 5) is 20.1. The van der Waals surface area contributed by atoms with E-state index in [1.807, 2.05) is 18.2 Å². The highest BCUT2D eigenvalue weighted by molar-refractivity contribution is 5.92. The third kappa shape index (κ3) is 3.56. The Morgan fingerprint density at radius 3 is 2.67 bits per heavy atom. The number of nitrogens with one attached hydrogen (secondary N) is 1. The van der Waals surface area contributed by atoms with E-state index in [1.165, 1.54) is 0 Å². The van der Waals surface area contributed by atoms with E-state index in [-0.39, 0.29) is 17.8 Å². The molecule has 108 valence electrons. The van der Waals surface area contributed by atoms with Crippen LogP contribution in [0.25, 0.3) is 0 Å². The third-order valence-electron chi connectivity index (χ3n) is 3.58. The molecule has 1 aliphatic rings. The van der Waals surface area contributed by atoms with Gasteiger partial charge in [-0.1, -0.05) is 18.9 Å². The fraction of sp³-hybridized carbons (Fsp3) is 0.312. The lowest BCUT2D eigenvalue weighted by molar-refractivity contribution is -0.119. The Bertz CT molecular complexity index is 610. The van der Waals surface area contributed by atoms with Gasteiger partial charge in [-0.05, 0) is 31.0 Å². The molecule has 0 spiro atoms. The van der Waals surface area contributed by atoms with Crippen molar-refractivity contribution in [2.75, 3.05) is 5.32 Å². The number of aromatic nitrogens is 2. The number of benzene rings is 1. The molecule has 1 N–H and O–H groups in total. The van der Waals surface area contributed by atoms with Crippen molar-refractivity contribution in [3.05, 3.63) is 42.7 Å². The predicted molar refractivity (Wildman–Crippen MR) is 79.1 cm³/mol. The molecular formula is C16H17N3O2. The summed E-state index contributed by atoms with van der Waals surface area (Å²) in [6.45, 7) is 0. The van der Waals surface area contributed by atoms with Crippen molar-refractivity contribution >= 4 is 11.6 Å². The molecule has 5 heteroatoms. The van der Waals surface area contributed by atoms with E-state index in [4.69, 9.17) is 4.74 Å². The van der Waals surface area contributed by atoms with Crippen LogP contribution in [0.5, 0.6) is 11.8 Å². The molecular weight excluding hydrogens is 266 g/mol. The molecule has 0 unspecified atom stereocenters. The molecule has 0 aliphatic heterocycles. The van der Waals surface area contributed by atoms with E-state index >= 15 is 0 Å². The number of anilines is 1. The minimum absolute atomic E-state index is 0.0978. The fourth-order valence-corrected chi connectivity index (χ4v) is 2.51. The highest BCUT2D eigenvalue weighted by Crippen LogP contribution is 2.27. The van der Waals surface area contributed by atoms with Crippen molar-refractivity contribution in [1.29, 1.82) is 0 Å². The maximum atomic E-state index is 12.1. The number of carbonyl (C=O) groups excluding carboxylic acids is 1. The third-order valence-corrected chi connectivity index (χ3v) is 3.58. The van der Waals surface area contributed by atoms with Gasteiger partial charge in [0.05, 0.1) is 0 Å². The van der Waals surface area contributed by atoms with Crippen molar-refractivity contribution in [1.82, 2.24) is 9.97 Å². The van der Waals surface area contributed by atoms with Crippen LogP contribution >= 0.6 is 0 Å². The molecule has 2 aromatic rings. The van der Waals surface area contributed by atoms with E-state index in [1.54, 1.807) is 24.5 Å². The van der Waals surface area contributed by atoms with Gasteiger partial charge in [-0.3, -0.25) is 4.79 Å². The predicted octanol–water partition coefficient (Wildman–Crippen LogP) is 3.40. The van der Waals surface area contributed by atoms with E-state index in [0.717, 1.165) is 31.4 Å². The summed E-state index contributed by atoms with van der Waals surface area (Å²) in [6.07, 6.45) is 7.50. The van der Waals surface area contributed by atoms with Crippen LogP contribution in [0.3, 0.4) is 0 Å². The first-order valence-electron chi connectivity index (χ1n) is 7.17. The van der Waals surface area contributed by atoms with Crippen LogP contribution in [0, 0.1) is 5.92 Å². The Kier molecular flexibility index (Phi) is 4.09. The van der Waals surface area contributed by atoms with E-state index in [2.05, 4.69) is 15.3 Å². The molecule has 21 heavy (non-hydrogen) atoms. The zero-order chi connectivity index (χ0) is 14.5. The van der Waals surface area contributed by atoms with Crippen molar-refractivity contribution in [2.45, 2.75) is 25.7 Å². The second-order valence-corrected chi connectivity index (χ2v) is 5.13. The maximum absolute atomic E-state index is 12.1. The molecule has 1 aromatic carbocycles. The van der Waals surface area contributed by atoms with Crippen LogP contribution in [0.2, 0.25) is 0 Å². The molecule has 1 fully saturated rings. The largest absolute Gasteiger partial charge is 0.424 e. The van der Waals surface area contributed by atoms with Gasteiger partial charge in [0.1, 0.15) is 5.75 Å². The molecule has 0 radical (unpaired) electrons. The summed E-state index contributed by atoms with van der Waals surface area (Å²) in [5.41, 5.74) is 0.736. The monoisotopic (exact) mass is 283 g/mol. The van der Waals surface area contributed by atoms with E-state index in [0.29, 0.717) is 5.75 Å². The zero-order valence-electron chi connectivity index (χ0n) is 11.7. The Hall–Kier alpha value is -2.43. The molecule has 3 rings (SSSR count). The maximum Gasteiger partial charge on any atom is 0.321 e. The van der Waals surface area contributed by atoms with Crippen LogP contribution < -0.4 is 10.1 Å². The molecule has 1 heterocycles. The van der Waals surface area contributed by atoms with Gasteiger partial charge in [0.25, 0.3) is 0 Å². The highest BCUT2D eigenvalue weighted by atomic mass is 16.5. The topological polar surface area (TPSA) is 64.1 Å². The lowest BCUT2D eigenvalue weighted by Crippen LogP contribution is -2.20. The smallest absolute Gasteiger partial charge is 0.321 e. The number of nitrogens with zero attached hydrogens (tertiary/aromatic N) is 2. The summed E-state index contributed by atoms with van der Waals surface area (Å²) in [5.74, 6) is 0.845. The molecule has 0 saturated heterocycles. The summed E-state index contributed by atoms with van der Waals surface area (Å²) >= 11 is 0. The van der Waals surface area contributed by atoms with Gasteiger partial charge in [-0.25, -0.2) is 9.97 Å². The van der Waals surface area contributed by atoms with Crippen molar-refractivity contribution in [3.63, 3.8) is 0 Å². The van der Waals surface area contributed by atoms with Gasteiger partial charge in [0, 0.05) is 30.1 Å². The lowest BCUT2D eigenvalue weighted by Gasteiger charge is -2.11. The standard InChI is InChI=1S/C16H17N3O2/c20-15(12-5-1-2-6-12)19-13-7-3-8-14(11-13)21-16-17-9-4-10-18-16/h3-4,7-12H,1-2,5-6H2,(H,19,20). The molecule has 1 amide bonds. The first-order chi connectivity index (χ1) is 10.3. The SMILES string of the molecule is O=C(Nc1cccc(Oc2ncccn2)c1)C1CCCC1. The highest BCUT2D eigenvalue weighted by Gasteiger charge is 2.22. The zero-order valence-corrected chi connectivity index (χ0v) is 11.7. The van der Waals surface area contributed by atoms with Crippen molar-refractivity contribution in [3.8, 4) is 11.8 Å². The van der Waals surface area contributed by atoms with Crippen LogP contribution in [-0.4, -0.2) is 15.9 Å². The van der Waals surface area contributed by atoms with Gasteiger partial charge >= 0.3 is 6.01 Å². The normalized spacial score (nSPS) is 14.9. The van der Waals surface area contributed by atoms with Gasteiger partial charge in [-0.2, -0.15) is 0 Å². The summed E-state index contributed by atoms with van der Waals surface area (Å²) in [6, 6.07) is 9.29. The number of amides is 1. The van der Waals surface area contributed by atoms with Crippen LogP contribution in [0.15, 0.2) is 42.7 Å². The van der Waals surface area contributed by atoms with Crippen LogP contribution in [0.4, 0.5) is 5.69 Å². The summed E-state index contributed by atoms with van der Waals surface area (Å²) < 4.78 is 5.55. The van der Waals surface area contributed by atoms with Crippen molar-refractivity contribution in [2.24, 2.45) is 5.92 Å². The average Bonchev–Trinajstić information content (AvgIpc) is 3.03.